The topological polar surface area (TPSA) is 46.5 Å². The van der Waals surface area contributed by atoms with Crippen LogP contribution in [0, 0.1) is 5.41 Å². The van der Waals surface area contributed by atoms with Crippen molar-refractivity contribution in [2.24, 2.45) is 5.41 Å². The highest BCUT2D eigenvalue weighted by atomic mass is 16.5. The molecule has 0 fully saturated rings. The lowest BCUT2D eigenvalue weighted by Gasteiger charge is -2.18. The Balaban J connectivity index is 2.31. The van der Waals surface area contributed by atoms with Gasteiger partial charge in [-0.25, -0.2) is 4.79 Å². The molecular formula is C17H20O3. The molecule has 0 spiro atoms. The third-order valence-electron chi connectivity index (χ3n) is 3.22. The Morgan fingerprint density at radius 3 is 2.35 bits per heavy atom. The minimum atomic E-state index is -0.914. The molecule has 2 aromatic carbocycles. The van der Waals surface area contributed by atoms with E-state index in [9.17, 15) is 9.90 Å². The largest absolute Gasteiger partial charge is 0.493 e. The molecule has 0 aromatic heterocycles. The average Bonchev–Trinajstić information content (AvgIpc) is 2.37. The van der Waals surface area contributed by atoms with Crippen LogP contribution in [0.2, 0.25) is 0 Å². The summed E-state index contributed by atoms with van der Waals surface area (Å²) < 4.78 is 5.84. The molecule has 20 heavy (non-hydrogen) atoms. The molecule has 0 saturated heterocycles. The van der Waals surface area contributed by atoms with Gasteiger partial charge < -0.3 is 9.84 Å². The number of carboxylic acids is 1. The molecule has 0 aliphatic carbocycles. The average molecular weight is 272 g/mol. The van der Waals surface area contributed by atoms with Gasteiger partial charge in [0.05, 0.1) is 12.2 Å². The molecule has 0 bridgehead atoms. The zero-order valence-electron chi connectivity index (χ0n) is 12.1. The van der Waals surface area contributed by atoms with Crippen LogP contribution in [0.4, 0.5) is 0 Å². The second kappa shape index (κ2) is 5.53. The molecule has 0 aliphatic rings. The fourth-order valence-corrected chi connectivity index (χ4v) is 2.05. The quantitative estimate of drug-likeness (QED) is 0.899. The highest BCUT2D eigenvalue weighted by Crippen LogP contribution is 2.29. The van der Waals surface area contributed by atoms with Crippen molar-refractivity contribution in [2.75, 3.05) is 6.61 Å². The number of hydrogen-bond donors (Lipinski definition) is 1. The molecule has 0 aliphatic heterocycles. The maximum Gasteiger partial charge on any atom is 0.336 e. The molecule has 106 valence electrons. The first-order valence-electron chi connectivity index (χ1n) is 6.76. The number of ether oxygens (including phenoxy) is 1. The lowest BCUT2D eigenvalue weighted by molar-refractivity contribution is 0.0699. The first kappa shape index (κ1) is 14.4. The normalized spacial score (nSPS) is 11.6. The molecule has 3 nitrogen and oxygen atoms in total. The van der Waals surface area contributed by atoms with E-state index in [1.54, 1.807) is 12.1 Å². The molecule has 2 rings (SSSR count). The number of carboxylic acid groups (broad SMARTS) is 1. The van der Waals surface area contributed by atoms with E-state index in [0.29, 0.717) is 17.6 Å². The predicted molar refractivity (Wildman–Crippen MR) is 80.5 cm³/mol. The molecule has 0 amide bonds. The van der Waals surface area contributed by atoms with E-state index in [-0.39, 0.29) is 5.41 Å². The van der Waals surface area contributed by atoms with Crippen LogP contribution < -0.4 is 4.74 Å². The molecule has 0 saturated carbocycles. The molecule has 0 heterocycles. The van der Waals surface area contributed by atoms with Crippen molar-refractivity contribution in [3.63, 3.8) is 0 Å². The minimum absolute atomic E-state index is 0.219. The number of hydrogen-bond acceptors (Lipinski definition) is 2. The standard InChI is InChI=1S/C17H20O3/c1-17(2,3)10-11-20-15-9-8-14(16(18)19)12-6-4-5-7-13(12)15/h4-9H,10-11H2,1-3H3,(H,18,19). The van der Waals surface area contributed by atoms with Crippen LogP contribution in [-0.4, -0.2) is 17.7 Å². The maximum absolute atomic E-state index is 11.2. The zero-order chi connectivity index (χ0) is 14.8. The van der Waals surface area contributed by atoms with E-state index in [1.807, 2.05) is 24.3 Å². The molecule has 3 heteroatoms. The lowest BCUT2D eigenvalue weighted by atomic mass is 9.93. The minimum Gasteiger partial charge on any atom is -0.493 e. The van der Waals surface area contributed by atoms with Crippen LogP contribution in [0.1, 0.15) is 37.6 Å². The van der Waals surface area contributed by atoms with E-state index in [4.69, 9.17) is 4.74 Å². The summed E-state index contributed by atoms with van der Waals surface area (Å²) in [5.41, 5.74) is 0.528. The van der Waals surface area contributed by atoms with Gasteiger partial charge in [-0.05, 0) is 29.4 Å². The number of rotatable bonds is 4. The summed E-state index contributed by atoms with van der Waals surface area (Å²) in [6, 6.07) is 10.8. The van der Waals surface area contributed by atoms with E-state index < -0.39 is 5.97 Å². The van der Waals surface area contributed by atoms with Crippen LogP contribution in [0.25, 0.3) is 10.8 Å². The monoisotopic (exact) mass is 272 g/mol. The summed E-state index contributed by atoms with van der Waals surface area (Å²) in [4.78, 5) is 11.2. The number of aromatic carboxylic acids is 1. The second-order valence-corrected chi connectivity index (χ2v) is 6.12. The predicted octanol–water partition coefficient (Wildman–Crippen LogP) is 4.35. The third kappa shape index (κ3) is 3.29. The number of fused-ring (bicyclic) bond motifs is 1. The molecule has 0 atom stereocenters. The van der Waals surface area contributed by atoms with Crippen molar-refractivity contribution in [1.29, 1.82) is 0 Å². The Morgan fingerprint density at radius 2 is 1.75 bits per heavy atom. The third-order valence-corrected chi connectivity index (χ3v) is 3.22. The van der Waals surface area contributed by atoms with Crippen LogP contribution >= 0.6 is 0 Å². The van der Waals surface area contributed by atoms with Gasteiger partial charge in [0.15, 0.2) is 0 Å². The molecular weight excluding hydrogens is 252 g/mol. The van der Waals surface area contributed by atoms with Crippen molar-refractivity contribution in [2.45, 2.75) is 27.2 Å². The summed E-state index contributed by atoms with van der Waals surface area (Å²) in [5, 5.41) is 10.8. The maximum atomic E-state index is 11.2. The van der Waals surface area contributed by atoms with Crippen molar-refractivity contribution in [3.8, 4) is 5.75 Å². The van der Waals surface area contributed by atoms with Crippen molar-refractivity contribution >= 4 is 16.7 Å². The Morgan fingerprint density at radius 1 is 1.10 bits per heavy atom. The summed E-state index contributed by atoms with van der Waals surface area (Å²) >= 11 is 0. The van der Waals surface area contributed by atoms with Gasteiger partial charge >= 0.3 is 5.97 Å². The highest BCUT2D eigenvalue weighted by Gasteiger charge is 2.13. The molecule has 2 aromatic rings. The van der Waals surface area contributed by atoms with Crippen molar-refractivity contribution < 1.29 is 14.6 Å². The van der Waals surface area contributed by atoms with Crippen molar-refractivity contribution in [3.05, 3.63) is 42.0 Å². The molecule has 0 unspecified atom stereocenters. The van der Waals surface area contributed by atoms with Crippen molar-refractivity contribution in [1.82, 2.24) is 0 Å². The van der Waals surface area contributed by atoms with Gasteiger partial charge in [0.2, 0.25) is 0 Å². The van der Waals surface area contributed by atoms with Gasteiger partial charge in [-0.3, -0.25) is 0 Å². The first-order chi connectivity index (χ1) is 9.38. The van der Waals surface area contributed by atoms with E-state index in [0.717, 1.165) is 17.6 Å². The Kier molecular flexibility index (Phi) is 3.98. The highest BCUT2D eigenvalue weighted by molar-refractivity contribution is 6.05. The lowest BCUT2D eigenvalue weighted by Crippen LogP contribution is -2.11. The Bertz CT molecular complexity index is 624. The molecule has 1 N–H and O–H groups in total. The fraction of sp³-hybridized carbons (Fsp3) is 0.353. The second-order valence-electron chi connectivity index (χ2n) is 6.12. The smallest absolute Gasteiger partial charge is 0.336 e. The Hall–Kier alpha value is -2.03. The summed E-state index contributed by atoms with van der Waals surface area (Å²) in [6.07, 6.45) is 0.946. The SMILES string of the molecule is CC(C)(C)CCOc1ccc(C(=O)O)c2ccccc12. The fourth-order valence-electron chi connectivity index (χ4n) is 2.05. The van der Waals surface area contributed by atoms with Gasteiger partial charge in [0.25, 0.3) is 0 Å². The number of benzene rings is 2. The van der Waals surface area contributed by atoms with Crippen LogP contribution in [0.3, 0.4) is 0 Å². The van der Waals surface area contributed by atoms with E-state index >= 15 is 0 Å². The summed E-state index contributed by atoms with van der Waals surface area (Å²) in [7, 11) is 0. The van der Waals surface area contributed by atoms with Gasteiger partial charge in [-0.15, -0.1) is 0 Å². The van der Waals surface area contributed by atoms with Gasteiger partial charge in [-0.2, -0.15) is 0 Å². The Labute approximate surface area is 119 Å². The van der Waals surface area contributed by atoms with E-state index in [1.165, 1.54) is 0 Å². The van der Waals surface area contributed by atoms with Crippen LogP contribution in [-0.2, 0) is 0 Å². The van der Waals surface area contributed by atoms with Gasteiger partial charge in [-0.1, -0.05) is 45.0 Å². The number of carbonyl (C=O) groups is 1. The van der Waals surface area contributed by atoms with Gasteiger partial charge in [0, 0.05) is 5.39 Å². The molecule has 0 radical (unpaired) electrons. The van der Waals surface area contributed by atoms with Crippen LogP contribution in [0.5, 0.6) is 5.75 Å². The van der Waals surface area contributed by atoms with E-state index in [2.05, 4.69) is 20.8 Å². The first-order valence-corrected chi connectivity index (χ1v) is 6.76. The summed E-state index contributed by atoms with van der Waals surface area (Å²) in [5.74, 6) is -0.169. The zero-order valence-corrected chi connectivity index (χ0v) is 12.1. The van der Waals surface area contributed by atoms with Gasteiger partial charge in [0.1, 0.15) is 5.75 Å². The van der Waals surface area contributed by atoms with Crippen LogP contribution in [0.15, 0.2) is 36.4 Å². The summed E-state index contributed by atoms with van der Waals surface area (Å²) in [6.45, 7) is 7.13.